The highest BCUT2D eigenvalue weighted by atomic mass is 35.5. The molecule has 0 spiro atoms. The van der Waals surface area contributed by atoms with Crippen LogP contribution in [0.4, 0.5) is 0 Å². The van der Waals surface area contributed by atoms with E-state index >= 15 is 0 Å². The van der Waals surface area contributed by atoms with Crippen molar-refractivity contribution in [2.75, 3.05) is 26.2 Å². The van der Waals surface area contributed by atoms with Crippen molar-refractivity contribution in [3.63, 3.8) is 0 Å². The van der Waals surface area contributed by atoms with Crippen molar-refractivity contribution < 1.29 is 4.29 Å². The topological polar surface area (TPSA) is 12.5 Å². The molecule has 0 amide bonds. The molecular weight excluding hydrogens is 150 g/mol. The summed E-state index contributed by atoms with van der Waals surface area (Å²) < 4.78 is 4.43. The predicted molar refractivity (Wildman–Crippen MR) is 44.2 cm³/mol. The van der Waals surface area contributed by atoms with Gasteiger partial charge < -0.3 is 4.90 Å². The van der Waals surface area contributed by atoms with E-state index in [4.69, 9.17) is 11.9 Å². The van der Waals surface area contributed by atoms with E-state index in [1.54, 1.807) is 0 Å². The van der Waals surface area contributed by atoms with Crippen LogP contribution in [0.25, 0.3) is 0 Å². The second kappa shape index (κ2) is 7.32. The Morgan fingerprint density at radius 1 is 1.30 bits per heavy atom. The average Bonchev–Trinajstić information content (AvgIpc) is 1.99. The number of hydrogen-bond donors (Lipinski definition) is 0. The van der Waals surface area contributed by atoms with Gasteiger partial charge in [-0.05, 0) is 19.5 Å². The van der Waals surface area contributed by atoms with Crippen LogP contribution in [-0.4, -0.2) is 31.1 Å². The molecule has 0 saturated carbocycles. The zero-order valence-electron chi connectivity index (χ0n) is 6.77. The summed E-state index contributed by atoms with van der Waals surface area (Å²) in [7, 11) is 0. The molecule has 0 aromatic carbocycles. The van der Waals surface area contributed by atoms with E-state index in [-0.39, 0.29) is 0 Å². The van der Waals surface area contributed by atoms with E-state index in [9.17, 15) is 0 Å². The SMILES string of the molecule is CCN(CC)CCCOCl. The first-order valence-corrected chi connectivity index (χ1v) is 4.11. The fourth-order valence-electron chi connectivity index (χ4n) is 0.883. The summed E-state index contributed by atoms with van der Waals surface area (Å²) in [5.74, 6) is 0. The summed E-state index contributed by atoms with van der Waals surface area (Å²) >= 11 is 5.05. The zero-order chi connectivity index (χ0) is 7.82. The van der Waals surface area contributed by atoms with Gasteiger partial charge in [-0.1, -0.05) is 13.8 Å². The standard InChI is InChI=1S/C7H16ClNO/c1-3-9(4-2)6-5-7-10-8/h3-7H2,1-2H3. The molecule has 0 fully saturated rings. The second-order valence-electron chi connectivity index (χ2n) is 2.19. The highest BCUT2D eigenvalue weighted by Crippen LogP contribution is 1.91. The first kappa shape index (κ1) is 10.2. The molecule has 0 aliphatic carbocycles. The highest BCUT2D eigenvalue weighted by Gasteiger charge is 1.96. The van der Waals surface area contributed by atoms with Crippen LogP contribution in [0.1, 0.15) is 20.3 Å². The Kier molecular flexibility index (Phi) is 7.47. The number of nitrogens with zero attached hydrogens (tertiary/aromatic N) is 1. The summed E-state index contributed by atoms with van der Waals surface area (Å²) in [6.45, 7) is 8.27. The van der Waals surface area contributed by atoms with Crippen LogP contribution >= 0.6 is 11.9 Å². The van der Waals surface area contributed by atoms with Gasteiger partial charge in [-0.3, -0.25) is 4.29 Å². The predicted octanol–water partition coefficient (Wildman–Crippen LogP) is 1.89. The van der Waals surface area contributed by atoms with Crippen LogP contribution in [0.3, 0.4) is 0 Å². The molecule has 10 heavy (non-hydrogen) atoms. The first-order chi connectivity index (χ1) is 4.85. The fraction of sp³-hybridized carbons (Fsp3) is 1.00. The summed E-state index contributed by atoms with van der Waals surface area (Å²) in [6, 6.07) is 0. The lowest BCUT2D eigenvalue weighted by molar-refractivity contribution is 0.260. The zero-order valence-corrected chi connectivity index (χ0v) is 7.52. The number of hydrogen-bond acceptors (Lipinski definition) is 2. The Balaban J connectivity index is 3.09. The Morgan fingerprint density at radius 2 is 1.90 bits per heavy atom. The lowest BCUT2D eigenvalue weighted by Crippen LogP contribution is -2.24. The van der Waals surface area contributed by atoms with Crippen LogP contribution < -0.4 is 0 Å². The average molecular weight is 166 g/mol. The molecule has 0 aromatic rings. The lowest BCUT2D eigenvalue weighted by Gasteiger charge is -2.16. The molecule has 62 valence electrons. The quantitative estimate of drug-likeness (QED) is 0.558. The summed E-state index contributed by atoms with van der Waals surface area (Å²) in [5.41, 5.74) is 0. The van der Waals surface area contributed by atoms with Gasteiger partial charge in [-0.2, -0.15) is 0 Å². The molecule has 0 aliphatic heterocycles. The van der Waals surface area contributed by atoms with Crippen LogP contribution in [0, 0.1) is 0 Å². The molecule has 0 atom stereocenters. The summed E-state index contributed by atoms with van der Waals surface area (Å²) in [4.78, 5) is 2.34. The second-order valence-corrected chi connectivity index (χ2v) is 2.41. The highest BCUT2D eigenvalue weighted by molar-refractivity contribution is 6.07. The van der Waals surface area contributed by atoms with Crippen LogP contribution in [0.5, 0.6) is 0 Å². The molecule has 0 saturated heterocycles. The monoisotopic (exact) mass is 165 g/mol. The van der Waals surface area contributed by atoms with Gasteiger partial charge in [-0.15, -0.1) is 0 Å². The van der Waals surface area contributed by atoms with Gasteiger partial charge in [0.2, 0.25) is 0 Å². The van der Waals surface area contributed by atoms with E-state index in [1.807, 2.05) is 0 Å². The minimum absolute atomic E-state index is 0.651. The molecule has 0 rings (SSSR count). The molecule has 0 radical (unpaired) electrons. The maximum absolute atomic E-state index is 5.05. The van der Waals surface area contributed by atoms with Gasteiger partial charge >= 0.3 is 0 Å². The minimum atomic E-state index is 0.651. The first-order valence-electron chi connectivity index (χ1n) is 3.81. The van der Waals surface area contributed by atoms with Crippen molar-refractivity contribution in [1.29, 1.82) is 0 Å². The lowest BCUT2D eigenvalue weighted by atomic mass is 10.4. The molecule has 0 heterocycles. The Hall–Kier alpha value is 0.210. The summed E-state index contributed by atoms with van der Waals surface area (Å²) in [5, 5.41) is 0. The Bertz CT molecular complexity index is 66.6. The van der Waals surface area contributed by atoms with Gasteiger partial charge in [0.1, 0.15) is 0 Å². The normalized spacial score (nSPS) is 10.8. The van der Waals surface area contributed by atoms with Gasteiger partial charge in [-0.25, -0.2) is 0 Å². The van der Waals surface area contributed by atoms with Crippen molar-refractivity contribution in [3.8, 4) is 0 Å². The van der Waals surface area contributed by atoms with E-state index < -0.39 is 0 Å². The molecule has 2 nitrogen and oxygen atoms in total. The van der Waals surface area contributed by atoms with Gasteiger partial charge in [0.15, 0.2) is 0 Å². The van der Waals surface area contributed by atoms with Crippen molar-refractivity contribution in [2.45, 2.75) is 20.3 Å². The molecule has 0 unspecified atom stereocenters. The van der Waals surface area contributed by atoms with Gasteiger partial charge in [0.05, 0.1) is 18.5 Å². The summed E-state index contributed by atoms with van der Waals surface area (Å²) in [6.07, 6.45) is 1.02. The molecule has 0 N–H and O–H groups in total. The van der Waals surface area contributed by atoms with Gasteiger partial charge in [0, 0.05) is 6.54 Å². The van der Waals surface area contributed by atoms with Crippen molar-refractivity contribution >= 4 is 11.9 Å². The third-order valence-electron chi connectivity index (χ3n) is 1.59. The van der Waals surface area contributed by atoms with Gasteiger partial charge in [0.25, 0.3) is 0 Å². The largest absolute Gasteiger partial charge is 0.304 e. The molecule has 3 heteroatoms. The van der Waals surface area contributed by atoms with Crippen molar-refractivity contribution in [1.82, 2.24) is 4.90 Å². The van der Waals surface area contributed by atoms with Crippen molar-refractivity contribution in [3.05, 3.63) is 0 Å². The minimum Gasteiger partial charge on any atom is -0.304 e. The van der Waals surface area contributed by atoms with Crippen molar-refractivity contribution in [2.24, 2.45) is 0 Å². The maximum Gasteiger partial charge on any atom is 0.0694 e. The van der Waals surface area contributed by atoms with Crippen LogP contribution in [0.15, 0.2) is 0 Å². The number of rotatable bonds is 6. The van der Waals surface area contributed by atoms with E-state index in [1.165, 1.54) is 0 Å². The van der Waals surface area contributed by atoms with E-state index in [0.717, 1.165) is 26.1 Å². The molecule has 0 aliphatic rings. The van der Waals surface area contributed by atoms with E-state index in [2.05, 4.69) is 23.0 Å². The third kappa shape index (κ3) is 5.03. The fourth-order valence-corrected chi connectivity index (χ4v) is 0.992. The Labute approximate surface area is 68.3 Å². The number of halogens is 1. The third-order valence-corrected chi connectivity index (χ3v) is 1.74. The Morgan fingerprint density at radius 3 is 2.30 bits per heavy atom. The molecule has 0 bridgehead atoms. The molecular formula is C7H16ClNO. The van der Waals surface area contributed by atoms with Crippen LogP contribution in [0.2, 0.25) is 0 Å². The maximum atomic E-state index is 5.05. The van der Waals surface area contributed by atoms with E-state index in [0.29, 0.717) is 6.61 Å². The molecule has 0 aromatic heterocycles. The smallest absolute Gasteiger partial charge is 0.0694 e. The van der Waals surface area contributed by atoms with Crippen LogP contribution in [-0.2, 0) is 4.29 Å².